The summed E-state index contributed by atoms with van der Waals surface area (Å²) in [6.07, 6.45) is 6.50. The molecule has 1 aliphatic carbocycles. The van der Waals surface area contributed by atoms with Gasteiger partial charge in [0.1, 0.15) is 6.33 Å². The number of rotatable bonds is 2. The molecule has 72 valence electrons. The van der Waals surface area contributed by atoms with Gasteiger partial charge in [-0.3, -0.25) is 4.40 Å². The maximum Gasteiger partial charge on any atom is 0.203 e. The Kier molecular flexibility index (Phi) is 1.47. The number of hydrogen-bond donors (Lipinski definition) is 1. The molecule has 0 radical (unpaired) electrons. The topological polar surface area (TPSA) is 55.1 Å². The Morgan fingerprint density at radius 1 is 1.57 bits per heavy atom. The average molecular weight is 189 g/mol. The van der Waals surface area contributed by atoms with Gasteiger partial charge in [0, 0.05) is 18.4 Å². The van der Waals surface area contributed by atoms with E-state index >= 15 is 0 Å². The van der Waals surface area contributed by atoms with E-state index in [0.29, 0.717) is 6.04 Å². The van der Waals surface area contributed by atoms with Crippen molar-refractivity contribution in [2.45, 2.75) is 19.4 Å². The molecule has 1 fully saturated rings. The molecule has 2 atom stereocenters. The Labute approximate surface area is 81.2 Å². The van der Waals surface area contributed by atoms with Crippen LogP contribution in [0.4, 0.5) is 5.82 Å². The fraction of sp³-hybridized carbons (Fsp3) is 0.444. The third-order valence-electron chi connectivity index (χ3n) is 2.65. The molecular weight excluding hydrogens is 178 g/mol. The normalized spacial score (nSPS) is 25.2. The number of anilines is 1. The number of aromatic nitrogens is 4. The van der Waals surface area contributed by atoms with Crippen molar-refractivity contribution >= 4 is 11.5 Å². The molecule has 0 spiro atoms. The lowest BCUT2D eigenvalue weighted by molar-refractivity contribution is 0.921. The van der Waals surface area contributed by atoms with Crippen LogP contribution in [0.25, 0.3) is 5.65 Å². The Morgan fingerprint density at radius 2 is 2.43 bits per heavy atom. The molecule has 0 bridgehead atoms. The second-order valence-electron chi connectivity index (χ2n) is 3.80. The van der Waals surface area contributed by atoms with E-state index in [0.717, 1.165) is 17.4 Å². The minimum atomic E-state index is 0.561. The van der Waals surface area contributed by atoms with E-state index in [2.05, 4.69) is 27.4 Å². The molecule has 0 amide bonds. The van der Waals surface area contributed by atoms with Crippen LogP contribution in [0.3, 0.4) is 0 Å². The summed E-state index contributed by atoms with van der Waals surface area (Å²) in [6.45, 7) is 2.22. The maximum absolute atomic E-state index is 4.26. The highest BCUT2D eigenvalue weighted by atomic mass is 15.2. The summed E-state index contributed by atoms with van der Waals surface area (Å²) in [5, 5.41) is 11.2. The second-order valence-corrected chi connectivity index (χ2v) is 3.80. The molecule has 2 heterocycles. The van der Waals surface area contributed by atoms with Gasteiger partial charge in [-0.2, -0.15) is 0 Å². The summed E-state index contributed by atoms with van der Waals surface area (Å²) in [7, 11) is 0. The fourth-order valence-corrected chi connectivity index (χ4v) is 1.56. The van der Waals surface area contributed by atoms with Gasteiger partial charge < -0.3 is 5.32 Å². The highest BCUT2D eigenvalue weighted by molar-refractivity contribution is 5.62. The molecule has 0 saturated heterocycles. The SMILES string of the molecule is CC1CC1Nc1nccn2cnnc12. The standard InChI is InChI=1S/C9H11N5/c1-6-4-7(6)12-8-9-13-11-5-14(9)3-2-10-8/h2-3,5-7H,4H2,1H3,(H,10,12). The zero-order valence-electron chi connectivity index (χ0n) is 7.88. The third kappa shape index (κ3) is 1.13. The van der Waals surface area contributed by atoms with E-state index < -0.39 is 0 Å². The van der Waals surface area contributed by atoms with E-state index in [4.69, 9.17) is 0 Å². The molecule has 0 aliphatic heterocycles. The molecule has 14 heavy (non-hydrogen) atoms. The summed E-state index contributed by atoms with van der Waals surface area (Å²) in [5.41, 5.74) is 0.798. The quantitative estimate of drug-likeness (QED) is 0.764. The monoisotopic (exact) mass is 189 g/mol. The zero-order chi connectivity index (χ0) is 9.54. The van der Waals surface area contributed by atoms with Gasteiger partial charge in [0.2, 0.25) is 5.65 Å². The van der Waals surface area contributed by atoms with Gasteiger partial charge in [0.15, 0.2) is 5.82 Å². The molecule has 2 unspecified atom stereocenters. The van der Waals surface area contributed by atoms with Crippen molar-refractivity contribution in [3.8, 4) is 0 Å². The lowest BCUT2D eigenvalue weighted by Gasteiger charge is -2.03. The molecular formula is C9H11N5. The molecule has 2 aromatic heterocycles. The predicted octanol–water partition coefficient (Wildman–Crippen LogP) is 0.945. The second kappa shape index (κ2) is 2.67. The molecule has 5 heteroatoms. The predicted molar refractivity (Wildman–Crippen MR) is 52.0 cm³/mol. The van der Waals surface area contributed by atoms with Crippen LogP contribution in [0.2, 0.25) is 0 Å². The van der Waals surface area contributed by atoms with Crippen LogP contribution < -0.4 is 5.32 Å². The summed E-state index contributed by atoms with van der Waals surface area (Å²) in [6, 6.07) is 0.561. The van der Waals surface area contributed by atoms with Gasteiger partial charge >= 0.3 is 0 Å². The van der Waals surface area contributed by atoms with Gasteiger partial charge in [-0.25, -0.2) is 4.98 Å². The van der Waals surface area contributed by atoms with Gasteiger partial charge in [0.25, 0.3) is 0 Å². The van der Waals surface area contributed by atoms with Crippen molar-refractivity contribution in [3.05, 3.63) is 18.7 Å². The third-order valence-corrected chi connectivity index (χ3v) is 2.65. The van der Waals surface area contributed by atoms with Crippen molar-refractivity contribution in [2.75, 3.05) is 5.32 Å². The highest BCUT2D eigenvalue weighted by Crippen LogP contribution is 2.32. The largest absolute Gasteiger partial charge is 0.364 e. The number of nitrogens with zero attached hydrogens (tertiary/aromatic N) is 4. The molecule has 1 aliphatic rings. The van der Waals surface area contributed by atoms with Crippen molar-refractivity contribution < 1.29 is 0 Å². The van der Waals surface area contributed by atoms with Crippen molar-refractivity contribution in [3.63, 3.8) is 0 Å². The van der Waals surface area contributed by atoms with Gasteiger partial charge in [0.05, 0.1) is 0 Å². The first-order valence-corrected chi connectivity index (χ1v) is 4.75. The Balaban J connectivity index is 1.98. The van der Waals surface area contributed by atoms with Crippen LogP contribution in [0.1, 0.15) is 13.3 Å². The summed E-state index contributed by atoms with van der Waals surface area (Å²) >= 11 is 0. The fourth-order valence-electron chi connectivity index (χ4n) is 1.56. The average Bonchev–Trinajstić information content (AvgIpc) is 2.69. The van der Waals surface area contributed by atoms with Crippen LogP contribution in [-0.2, 0) is 0 Å². The Bertz CT molecular complexity index is 463. The van der Waals surface area contributed by atoms with Crippen LogP contribution in [-0.4, -0.2) is 25.6 Å². The minimum absolute atomic E-state index is 0.561. The molecule has 0 aromatic carbocycles. The number of hydrogen-bond acceptors (Lipinski definition) is 4. The lowest BCUT2D eigenvalue weighted by Crippen LogP contribution is -2.06. The van der Waals surface area contributed by atoms with Crippen molar-refractivity contribution in [1.82, 2.24) is 19.6 Å². The van der Waals surface area contributed by atoms with E-state index in [9.17, 15) is 0 Å². The number of fused-ring (bicyclic) bond motifs is 1. The Morgan fingerprint density at radius 3 is 3.21 bits per heavy atom. The highest BCUT2D eigenvalue weighted by Gasteiger charge is 2.33. The van der Waals surface area contributed by atoms with Gasteiger partial charge in [-0.1, -0.05) is 6.92 Å². The smallest absolute Gasteiger partial charge is 0.203 e. The van der Waals surface area contributed by atoms with Crippen molar-refractivity contribution in [2.24, 2.45) is 5.92 Å². The number of nitrogens with one attached hydrogen (secondary N) is 1. The molecule has 1 saturated carbocycles. The van der Waals surface area contributed by atoms with Crippen LogP contribution in [0.15, 0.2) is 18.7 Å². The van der Waals surface area contributed by atoms with Crippen LogP contribution in [0, 0.1) is 5.92 Å². The summed E-state index contributed by atoms with van der Waals surface area (Å²) < 4.78 is 1.86. The first-order valence-electron chi connectivity index (χ1n) is 4.75. The van der Waals surface area contributed by atoms with Crippen molar-refractivity contribution in [1.29, 1.82) is 0 Å². The van der Waals surface area contributed by atoms with E-state index in [1.807, 2.05) is 10.6 Å². The molecule has 5 nitrogen and oxygen atoms in total. The van der Waals surface area contributed by atoms with Gasteiger partial charge in [-0.15, -0.1) is 10.2 Å². The van der Waals surface area contributed by atoms with Crippen LogP contribution in [0.5, 0.6) is 0 Å². The zero-order valence-corrected chi connectivity index (χ0v) is 7.88. The lowest BCUT2D eigenvalue weighted by atomic mass is 10.4. The summed E-state index contributed by atoms with van der Waals surface area (Å²) in [5.74, 6) is 1.58. The Hall–Kier alpha value is -1.65. The summed E-state index contributed by atoms with van der Waals surface area (Å²) in [4.78, 5) is 4.26. The maximum atomic E-state index is 4.26. The van der Waals surface area contributed by atoms with E-state index in [-0.39, 0.29) is 0 Å². The molecule has 2 aromatic rings. The van der Waals surface area contributed by atoms with E-state index in [1.165, 1.54) is 6.42 Å². The molecule has 1 N–H and O–H groups in total. The first-order chi connectivity index (χ1) is 6.84. The first kappa shape index (κ1) is 7.73. The van der Waals surface area contributed by atoms with E-state index in [1.54, 1.807) is 12.5 Å². The van der Waals surface area contributed by atoms with Gasteiger partial charge in [-0.05, 0) is 12.3 Å². The van der Waals surface area contributed by atoms with Crippen LogP contribution >= 0.6 is 0 Å². The minimum Gasteiger partial charge on any atom is -0.364 e. The molecule has 3 rings (SSSR count).